The maximum atomic E-state index is 10.2. The SMILES string of the molecule is [CH2-]C(=O)O[Si](C)(C)C.[Zn+][Br]. The van der Waals surface area contributed by atoms with Gasteiger partial charge in [-0.25, -0.2) is 0 Å². The molecule has 0 atom stereocenters. The van der Waals surface area contributed by atoms with Gasteiger partial charge in [-0.05, 0) is 19.6 Å². The minimum atomic E-state index is -1.63. The van der Waals surface area contributed by atoms with Crippen LogP contribution >= 0.6 is 13.6 Å². The molecule has 0 fully saturated rings. The van der Waals surface area contributed by atoms with Gasteiger partial charge < -0.3 is 11.3 Å². The molecule has 0 aromatic rings. The van der Waals surface area contributed by atoms with E-state index < -0.39 is 14.3 Å². The van der Waals surface area contributed by atoms with Gasteiger partial charge in [0, 0.05) is 0 Å². The molecule has 0 aromatic heterocycles. The molecular formula is C5H11BrO2SiZn. The Morgan fingerprint density at radius 1 is 1.50 bits per heavy atom. The van der Waals surface area contributed by atoms with E-state index in [1.54, 1.807) is 0 Å². The Morgan fingerprint density at radius 2 is 1.80 bits per heavy atom. The summed E-state index contributed by atoms with van der Waals surface area (Å²) in [5, 5.41) is 0. The minimum absolute atomic E-state index is 0.413. The predicted octanol–water partition coefficient (Wildman–Crippen LogP) is 2.04. The van der Waals surface area contributed by atoms with Gasteiger partial charge in [0.25, 0.3) is 0 Å². The normalized spacial score (nSPS) is 9.40. The average Bonchev–Trinajstić information content (AvgIpc) is 1.64. The topological polar surface area (TPSA) is 26.3 Å². The fourth-order valence-electron chi connectivity index (χ4n) is 0.342. The quantitative estimate of drug-likeness (QED) is 0.541. The number of halogens is 1. The summed E-state index contributed by atoms with van der Waals surface area (Å²) in [6, 6.07) is 0. The Balaban J connectivity index is 0. The van der Waals surface area contributed by atoms with Crippen molar-refractivity contribution in [2.24, 2.45) is 0 Å². The molecule has 0 N–H and O–H groups in total. The van der Waals surface area contributed by atoms with Crippen LogP contribution in [0.15, 0.2) is 0 Å². The predicted molar refractivity (Wildman–Crippen MR) is 43.7 cm³/mol. The van der Waals surface area contributed by atoms with Gasteiger partial charge in [0.1, 0.15) is 5.97 Å². The first-order valence-electron chi connectivity index (χ1n) is 2.73. The van der Waals surface area contributed by atoms with E-state index in [1.807, 2.05) is 19.6 Å². The van der Waals surface area contributed by atoms with Crippen LogP contribution in [-0.4, -0.2) is 14.3 Å². The second-order valence-corrected chi connectivity index (χ2v) is 7.02. The van der Waals surface area contributed by atoms with Gasteiger partial charge in [-0.1, -0.05) is 0 Å². The van der Waals surface area contributed by atoms with Crippen LogP contribution in [-0.2, 0) is 25.6 Å². The molecule has 0 aliphatic carbocycles. The zero-order chi connectivity index (χ0) is 8.78. The van der Waals surface area contributed by atoms with Crippen LogP contribution in [0.3, 0.4) is 0 Å². The van der Waals surface area contributed by atoms with Crippen LogP contribution < -0.4 is 0 Å². The van der Waals surface area contributed by atoms with E-state index in [0.29, 0.717) is 0 Å². The summed E-state index contributed by atoms with van der Waals surface area (Å²) >= 11 is 4.25. The van der Waals surface area contributed by atoms with Gasteiger partial charge in [0.05, 0.1) is 0 Å². The second kappa shape index (κ2) is 6.38. The van der Waals surface area contributed by atoms with Gasteiger partial charge in [-0.15, -0.1) is 0 Å². The molecule has 0 spiro atoms. The van der Waals surface area contributed by atoms with Crippen LogP contribution in [0.1, 0.15) is 0 Å². The average molecular weight is 277 g/mol. The maximum absolute atomic E-state index is 10.2. The summed E-state index contributed by atoms with van der Waals surface area (Å²) in [4.78, 5) is 10.2. The third-order valence-electron chi connectivity index (χ3n) is 0.420. The number of hydrogen-bond donors (Lipinski definition) is 0. The molecule has 0 aliphatic heterocycles. The molecule has 56 valence electrons. The van der Waals surface area contributed by atoms with E-state index in [-0.39, 0.29) is 0 Å². The molecule has 0 aliphatic rings. The number of hydrogen-bond acceptors (Lipinski definition) is 2. The van der Waals surface area contributed by atoms with Crippen molar-refractivity contribution >= 4 is 27.9 Å². The van der Waals surface area contributed by atoms with Gasteiger partial charge in [-0.3, -0.25) is 4.79 Å². The van der Waals surface area contributed by atoms with Gasteiger partial charge >= 0.3 is 30.0 Å². The first-order valence-corrected chi connectivity index (χ1v) is 13.1. The summed E-state index contributed by atoms with van der Waals surface area (Å²) in [6.45, 7) is 8.92. The number of carbonyl (C=O) groups is 1. The summed E-state index contributed by atoms with van der Waals surface area (Å²) in [5.74, 6) is -0.413. The Labute approximate surface area is 79.9 Å². The zero-order valence-electron chi connectivity index (χ0n) is 6.61. The molecule has 0 saturated heterocycles. The molecule has 0 unspecified atom stereocenters. The Hall–Kier alpha value is 0.660. The van der Waals surface area contributed by atoms with Gasteiger partial charge in [0.15, 0.2) is 0 Å². The molecule has 0 saturated carbocycles. The summed E-state index contributed by atoms with van der Waals surface area (Å²) < 4.78 is 4.83. The number of rotatable bonds is 1. The van der Waals surface area contributed by atoms with Crippen LogP contribution in [0, 0.1) is 6.92 Å². The molecule has 10 heavy (non-hydrogen) atoms. The molecule has 0 rings (SSSR count). The van der Waals surface area contributed by atoms with Crippen molar-refractivity contribution in [1.82, 2.24) is 0 Å². The van der Waals surface area contributed by atoms with Crippen molar-refractivity contribution in [2.45, 2.75) is 19.6 Å². The van der Waals surface area contributed by atoms with Gasteiger partial charge in [-0.2, -0.15) is 0 Å². The third kappa shape index (κ3) is 15.9. The molecule has 0 heterocycles. The van der Waals surface area contributed by atoms with E-state index >= 15 is 0 Å². The Kier molecular flexibility index (Phi) is 8.46. The monoisotopic (exact) mass is 274 g/mol. The molecule has 0 radical (unpaired) electrons. The molecule has 2 nitrogen and oxygen atoms in total. The van der Waals surface area contributed by atoms with Gasteiger partial charge in [0.2, 0.25) is 8.32 Å². The van der Waals surface area contributed by atoms with Crippen molar-refractivity contribution < 1.29 is 25.6 Å². The zero-order valence-corrected chi connectivity index (χ0v) is 12.2. The Morgan fingerprint density at radius 3 is 1.80 bits per heavy atom. The molecule has 5 heteroatoms. The summed E-state index contributed by atoms with van der Waals surface area (Å²) in [5.41, 5.74) is 0. The van der Waals surface area contributed by atoms with Crippen molar-refractivity contribution in [3.8, 4) is 0 Å². The summed E-state index contributed by atoms with van der Waals surface area (Å²) in [7, 11) is -1.63. The standard InChI is InChI=1S/C5H11O2Si.BrH.Zn/c1-5(6)7-8(2,3)4;;/h1H2,2-4H3;1H;/q-1;;+2/p-1. The van der Waals surface area contributed by atoms with Crippen molar-refractivity contribution in [3.63, 3.8) is 0 Å². The van der Waals surface area contributed by atoms with Crippen LogP contribution in [0.4, 0.5) is 0 Å². The summed E-state index contributed by atoms with van der Waals surface area (Å²) in [6.07, 6.45) is 0. The van der Waals surface area contributed by atoms with E-state index in [2.05, 4.69) is 20.5 Å². The van der Waals surface area contributed by atoms with E-state index in [9.17, 15) is 4.79 Å². The van der Waals surface area contributed by atoms with E-state index in [0.717, 1.165) is 0 Å². The van der Waals surface area contributed by atoms with Crippen LogP contribution in [0.2, 0.25) is 19.6 Å². The first-order chi connectivity index (χ1) is 4.42. The Bertz CT molecular complexity index is 102. The van der Waals surface area contributed by atoms with Crippen molar-refractivity contribution in [3.05, 3.63) is 6.92 Å². The molecular weight excluding hydrogens is 265 g/mol. The fourth-order valence-corrected chi connectivity index (χ4v) is 1.02. The second-order valence-electron chi connectivity index (χ2n) is 2.59. The molecule has 0 bridgehead atoms. The molecule has 0 aromatic carbocycles. The van der Waals surface area contributed by atoms with Crippen molar-refractivity contribution in [2.75, 3.05) is 0 Å². The molecule has 0 amide bonds. The van der Waals surface area contributed by atoms with Crippen LogP contribution in [0.25, 0.3) is 0 Å². The van der Waals surface area contributed by atoms with E-state index in [4.69, 9.17) is 4.43 Å². The number of carbonyl (C=O) groups excluding carboxylic acids is 1. The fraction of sp³-hybridized carbons (Fsp3) is 0.600. The van der Waals surface area contributed by atoms with Crippen LogP contribution in [0.5, 0.6) is 0 Å². The van der Waals surface area contributed by atoms with Crippen molar-refractivity contribution in [1.29, 1.82) is 0 Å². The first kappa shape index (κ1) is 13.3. The van der Waals surface area contributed by atoms with E-state index in [1.165, 1.54) is 16.3 Å². The third-order valence-corrected chi connectivity index (χ3v) is 1.26.